The zero-order valence-corrected chi connectivity index (χ0v) is 19.7. The number of morpholine rings is 1. The summed E-state index contributed by atoms with van der Waals surface area (Å²) in [6, 6.07) is 9.05. The first-order chi connectivity index (χ1) is 15.8. The van der Waals surface area contributed by atoms with Gasteiger partial charge < -0.3 is 10.1 Å². The Morgan fingerprint density at radius 1 is 1.12 bits per heavy atom. The Morgan fingerprint density at radius 3 is 2.48 bits per heavy atom. The molecule has 2 aromatic rings. The van der Waals surface area contributed by atoms with Gasteiger partial charge in [0.05, 0.1) is 13.2 Å². The van der Waals surface area contributed by atoms with Gasteiger partial charge in [-0.15, -0.1) is 0 Å². The molecule has 1 saturated heterocycles. The minimum absolute atomic E-state index is 0.0275. The van der Waals surface area contributed by atoms with Crippen molar-refractivity contribution in [2.24, 2.45) is 5.41 Å². The van der Waals surface area contributed by atoms with Crippen LogP contribution in [0.1, 0.15) is 59.9 Å². The molecular formula is C26H33N3O4. The molecular weight excluding hydrogens is 418 g/mol. The molecule has 1 atom stereocenters. The summed E-state index contributed by atoms with van der Waals surface area (Å²) >= 11 is 0. The van der Waals surface area contributed by atoms with Crippen LogP contribution in [-0.4, -0.2) is 60.0 Å². The molecule has 1 amide bonds. The lowest BCUT2D eigenvalue weighted by molar-refractivity contribution is 0.0331. The highest BCUT2D eigenvalue weighted by molar-refractivity contribution is 6.04. The fourth-order valence-corrected chi connectivity index (χ4v) is 4.79. The predicted molar refractivity (Wildman–Crippen MR) is 127 cm³/mol. The van der Waals surface area contributed by atoms with Gasteiger partial charge in [0.25, 0.3) is 11.5 Å². The number of para-hydroxylation sites is 1. The standard InChI is InChI=1S/C26H33N3O4/c1-4-18(16-28-10-12-33-13-11-28)27-24(31)23-20-14-26(2,3)15-22(30)21(20)17-29(25(23)32)19-8-6-5-7-9-19/h5-9,17-18H,4,10-16H2,1-3H3,(H,27,31)/t18-/m1/s1. The first-order valence-electron chi connectivity index (χ1n) is 11.8. The summed E-state index contributed by atoms with van der Waals surface area (Å²) in [4.78, 5) is 42.5. The summed E-state index contributed by atoms with van der Waals surface area (Å²) in [5.41, 5.74) is 1.10. The molecule has 2 heterocycles. The van der Waals surface area contributed by atoms with Crippen LogP contribution >= 0.6 is 0 Å². The van der Waals surface area contributed by atoms with Crippen LogP contribution in [0.2, 0.25) is 0 Å². The predicted octanol–water partition coefficient (Wildman–Crippen LogP) is 2.83. The summed E-state index contributed by atoms with van der Waals surface area (Å²) in [5, 5.41) is 3.10. The highest BCUT2D eigenvalue weighted by atomic mass is 16.5. The molecule has 7 heteroatoms. The lowest BCUT2D eigenvalue weighted by Crippen LogP contribution is -2.48. The molecule has 0 saturated carbocycles. The Hall–Kier alpha value is -2.77. The minimum Gasteiger partial charge on any atom is -0.379 e. The van der Waals surface area contributed by atoms with E-state index in [0.717, 1.165) is 19.5 Å². The summed E-state index contributed by atoms with van der Waals surface area (Å²) in [6.07, 6.45) is 3.27. The molecule has 33 heavy (non-hydrogen) atoms. The Morgan fingerprint density at radius 2 is 1.82 bits per heavy atom. The van der Waals surface area contributed by atoms with E-state index < -0.39 is 5.91 Å². The second kappa shape index (κ2) is 9.61. The third kappa shape index (κ3) is 5.09. The molecule has 7 nitrogen and oxygen atoms in total. The number of pyridine rings is 1. The molecule has 0 spiro atoms. The van der Waals surface area contributed by atoms with E-state index in [-0.39, 0.29) is 28.4 Å². The van der Waals surface area contributed by atoms with Gasteiger partial charge in [-0.2, -0.15) is 0 Å². The normalized spacial score (nSPS) is 19.1. The summed E-state index contributed by atoms with van der Waals surface area (Å²) in [6.45, 7) is 9.79. The van der Waals surface area contributed by atoms with Gasteiger partial charge >= 0.3 is 0 Å². The van der Waals surface area contributed by atoms with Crippen LogP contribution < -0.4 is 10.9 Å². The van der Waals surface area contributed by atoms with Crippen LogP contribution in [0, 0.1) is 5.41 Å². The summed E-state index contributed by atoms with van der Waals surface area (Å²) < 4.78 is 6.86. The summed E-state index contributed by atoms with van der Waals surface area (Å²) in [7, 11) is 0. The van der Waals surface area contributed by atoms with Crippen LogP contribution in [0.5, 0.6) is 0 Å². The maximum atomic E-state index is 13.6. The molecule has 1 aliphatic heterocycles. The third-order valence-electron chi connectivity index (χ3n) is 6.58. The molecule has 0 bridgehead atoms. The van der Waals surface area contributed by atoms with Crippen LogP contribution in [-0.2, 0) is 11.2 Å². The van der Waals surface area contributed by atoms with Gasteiger partial charge in [0.1, 0.15) is 5.56 Å². The third-order valence-corrected chi connectivity index (χ3v) is 6.58. The fraction of sp³-hybridized carbons (Fsp3) is 0.500. The van der Waals surface area contributed by atoms with Gasteiger partial charge in [-0.3, -0.25) is 23.9 Å². The second-order valence-electron chi connectivity index (χ2n) is 9.84. The average Bonchev–Trinajstić information content (AvgIpc) is 2.78. The van der Waals surface area contributed by atoms with Crippen molar-refractivity contribution in [2.75, 3.05) is 32.8 Å². The lowest BCUT2D eigenvalue weighted by Gasteiger charge is -2.32. The van der Waals surface area contributed by atoms with E-state index >= 15 is 0 Å². The number of benzene rings is 1. The Bertz CT molecular complexity index is 1080. The number of hydrogen-bond acceptors (Lipinski definition) is 5. The van der Waals surface area contributed by atoms with Crippen LogP contribution in [0.15, 0.2) is 41.3 Å². The van der Waals surface area contributed by atoms with Crippen LogP contribution in [0.25, 0.3) is 5.69 Å². The number of Topliss-reactive ketones (excluding diaryl/α,β-unsaturated/α-hetero) is 1. The quantitative estimate of drug-likeness (QED) is 0.731. The largest absolute Gasteiger partial charge is 0.379 e. The number of ketones is 1. The van der Waals surface area contributed by atoms with Crippen molar-refractivity contribution in [1.29, 1.82) is 0 Å². The number of carbonyl (C=O) groups excluding carboxylic acids is 2. The zero-order chi connectivity index (χ0) is 23.6. The van der Waals surface area contributed by atoms with Gasteiger partial charge in [0.2, 0.25) is 0 Å². The lowest BCUT2D eigenvalue weighted by atomic mass is 9.73. The van der Waals surface area contributed by atoms with Crippen LogP contribution in [0.3, 0.4) is 0 Å². The number of nitrogens with one attached hydrogen (secondary N) is 1. The van der Waals surface area contributed by atoms with Gasteiger partial charge in [-0.1, -0.05) is 39.0 Å². The Balaban J connectivity index is 1.74. The number of hydrogen-bond donors (Lipinski definition) is 1. The van der Waals surface area contributed by atoms with E-state index in [0.29, 0.717) is 49.4 Å². The van der Waals surface area contributed by atoms with Gasteiger partial charge in [-0.25, -0.2) is 0 Å². The van der Waals surface area contributed by atoms with E-state index in [1.807, 2.05) is 39.0 Å². The number of fused-ring (bicyclic) bond motifs is 1. The average molecular weight is 452 g/mol. The molecule has 0 radical (unpaired) electrons. The second-order valence-corrected chi connectivity index (χ2v) is 9.84. The highest BCUT2D eigenvalue weighted by Gasteiger charge is 2.36. The number of rotatable bonds is 6. The number of amides is 1. The van der Waals surface area contributed by atoms with E-state index in [4.69, 9.17) is 4.74 Å². The van der Waals surface area contributed by atoms with Crippen molar-refractivity contribution in [3.8, 4) is 5.69 Å². The smallest absolute Gasteiger partial charge is 0.268 e. The number of carbonyl (C=O) groups is 2. The maximum absolute atomic E-state index is 13.6. The summed E-state index contributed by atoms with van der Waals surface area (Å²) in [5.74, 6) is -0.424. The van der Waals surface area contributed by atoms with E-state index in [2.05, 4.69) is 10.2 Å². The molecule has 1 aromatic heterocycles. The molecule has 4 rings (SSSR count). The molecule has 1 fully saturated rings. The van der Waals surface area contributed by atoms with E-state index in [1.54, 1.807) is 18.3 Å². The number of ether oxygens (including phenoxy) is 1. The molecule has 1 N–H and O–H groups in total. The first kappa shape index (κ1) is 23.4. The maximum Gasteiger partial charge on any atom is 0.268 e. The van der Waals surface area contributed by atoms with Crippen molar-refractivity contribution >= 4 is 11.7 Å². The van der Waals surface area contributed by atoms with Crippen molar-refractivity contribution in [2.45, 2.75) is 46.1 Å². The number of nitrogens with zero attached hydrogens (tertiary/aromatic N) is 2. The van der Waals surface area contributed by atoms with Gasteiger partial charge in [0, 0.05) is 49.5 Å². The topological polar surface area (TPSA) is 80.6 Å². The molecule has 1 aliphatic carbocycles. The van der Waals surface area contributed by atoms with Crippen LogP contribution in [0.4, 0.5) is 0 Å². The molecule has 0 unspecified atom stereocenters. The fourth-order valence-electron chi connectivity index (χ4n) is 4.79. The number of aromatic nitrogens is 1. The van der Waals surface area contributed by atoms with Crippen molar-refractivity contribution in [1.82, 2.24) is 14.8 Å². The highest BCUT2D eigenvalue weighted by Crippen LogP contribution is 2.35. The van der Waals surface area contributed by atoms with E-state index in [1.165, 1.54) is 4.57 Å². The monoisotopic (exact) mass is 451 g/mol. The zero-order valence-electron chi connectivity index (χ0n) is 19.7. The van der Waals surface area contributed by atoms with Crippen molar-refractivity contribution in [3.05, 3.63) is 63.6 Å². The minimum atomic E-state index is -0.396. The Kier molecular flexibility index (Phi) is 6.81. The van der Waals surface area contributed by atoms with Crippen molar-refractivity contribution < 1.29 is 14.3 Å². The molecule has 176 valence electrons. The van der Waals surface area contributed by atoms with E-state index in [9.17, 15) is 14.4 Å². The van der Waals surface area contributed by atoms with Crippen molar-refractivity contribution in [3.63, 3.8) is 0 Å². The molecule has 1 aromatic carbocycles. The molecule has 2 aliphatic rings. The van der Waals surface area contributed by atoms with Gasteiger partial charge in [-0.05, 0) is 36.0 Å². The Labute approximate surface area is 194 Å². The first-order valence-corrected chi connectivity index (χ1v) is 11.8. The van der Waals surface area contributed by atoms with Gasteiger partial charge in [0.15, 0.2) is 5.78 Å². The SMILES string of the molecule is CC[C@H](CN1CCOCC1)NC(=O)c1c2c(cn(-c3ccccc3)c1=O)C(=O)CC(C)(C)C2.